The van der Waals surface area contributed by atoms with Crippen LogP contribution in [0, 0.1) is 13.8 Å². The lowest BCUT2D eigenvalue weighted by atomic mass is 10.1. The van der Waals surface area contributed by atoms with Gasteiger partial charge in [0.25, 0.3) is 5.56 Å². The molecule has 0 spiro atoms. The van der Waals surface area contributed by atoms with Crippen molar-refractivity contribution in [2.24, 2.45) is 0 Å². The molecule has 26 heavy (non-hydrogen) atoms. The summed E-state index contributed by atoms with van der Waals surface area (Å²) in [5.74, 6) is 0.859. The molecule has 2 aromatic heterocycles. The molecule has 1 aliphatic heterocycles. The zero-order valence-corrected chi connectivity index (χ0v) is 15.3. The van der Waals surface area contributed by atoms with Crippen LogP contribution in [-0.2, 0) is 6.54 Å². The van der Waals surface area contributed by atoms with Crippen LogP contribution in [0.15, 0.2) is 33.7 Å². The van der Waals surface area contributed by atoms with Gasteiger partial charge < -0.3 is 20.0 Å². The van der Waals surface area contributed by atoms with Crippen molar-refractivity contribution in [3.05, 3.63) is 57.4 Å². The van der Waals surface area contributed by atoms with Gasteiger partial charge in [-0.15, -0.1) is 0 Å². The highest BCUT2D eigenvalue weighted by Gasteiger charge is 2.25. The van der Waals surface area contributed by atoms with Gasteiger partial charge >= 0.3 is 6.03 Å². The van der Waals surface area contributed by atoms with Gasteiger partial charge in [0.05, 0.1) is 18.8 Å². The van der Waals surface area contributed by atoms with E-state index in [-0.39, 0.29) is 24.2 Å². The minimum atomic E-state index is -0.292. The van der Waals surface area contributed by atoms with Crippen molar-refractivity contribution in [1.82, 2.24) is 20.5 Å². The van der Waals surface area contributed by atoms with E-state index in [1.807, 2.05) is 32.0 Å². The maximum atomic E-state index is 12.2. The van der Waals surface area contributed by atoms with Gasteiger partial charge in [-0.3, -0.25) is 9.69 Å². The van der Waals surface area contributed by atoms with Gasteiger partial charge in [0.1, 0.15) is 5.76 Å². The van der Waals surface area contributed by atoms with Crippen molar-refractivity contribution in [3.63, 3.8) is 0 Å². The maximum absolute atomic E-state index is 12.2. The Morgan fingerprint density at radius 3 is 2.73 bits per heavy atom. The molecule has 0 bridgehead atoms. The van der Waals surface area contributed by atoms with Gasteiger partial charge in [-0.2, -0.15) is 0 Å². The van der Waals surface area contributed by atoms with Crippen LogP contribution < -0.4 is 16.2 Å². The number of pyridine rings is 1. The Morgan fingerprint density at radius 1 is 1.31 bits per heavy atom. The Morgan fingerprint density at radius 2 is 2.08 bits per heavy atom. The van der Waals surface area contributed by atoms with Crippen LogP contribution in [0.2, 0.25) is 0 Å². The largest absolute Gasteiger partial charge is 0.468 e. The van der Waals surface area contributed by atoms with Crippen molar-refractivity contribution >= 4 is 6.03 Å². The quantitative estimate of drug-likeness (QED) is 0.738. The van der Waals surface area contributed by atoms with Gasteiger partial charge in [0.2, 0.25) is 0 Å². The average Bonchev–Trinajstić information content (AvgIpc) is 3.28. The Hall–Kier alpha value is -2.54. The van der Waals surface area contributed by atoms with Crippen LogP contribution in [0.3, 0.4) is 0 Å². The van der Waals surface area contributed by atoms with E-state index in [9.17, 15) is 9.59 Å². The molecule has 1 fully saturated rings. The minimum absolute atomic E-state index is 0.0303. The van der Waals surface area contributed by atoms with Crippen LogP contribution in [0.25, 0.3) is 0 Å². The second kappa shape index (κ2) is 8.23. The third-order valence-corrected chi connectivity index (χ3v) is 4.83. The number of H-pyrrole nitrogens is 1. The fraction of sp³-hybridized carbons (Fsp3) is 0.474. The van der Waals surface area contributed by atoms with Crippen LogP contribution in [-0.4, -0.2) is 35.5 Å². The van der Waals surface area contributed by atoms with E-state index in [0.29, 0.717) is 12.1 Å². The first-order valence-electron chi connectivity index (χ1n) is 9.03. The predicted octanol–water partition coefficient (Wildman–Crippen LogP) is 2.22. The zero-order chi connectivity index (χ0) is 18.5. The topological polar surface area (TPSA) is 90.4 Å². The number of aromatic nitrogens is 1. The van der Waals surface area contributed by atoms with Crippen molar-refractivity contribution in [2.75, 3.05) is 19.6 Å². The number of rotatable bonds is 6. The Kier molecular flexibility index (Phi) is 5.78. The van der Waals surface area contributed by atoms with Gasteiger partial charge in [0, 0.05) is 17.8 Å². The summed E-state index contributed by atoms with van der Waals surface area (Å²) in [6.07, 6.45) is 3.99. The number of aryl methyl sites for hydroxylation is 2. The number of urea groups is 1. The standard InChI is InChI=1S/C19H26N4O3/c1-13-10-14(2)22-18(24)15(13)11-20-19(25)21-12-16(17-6-5-9-26-17)23-7-3-4-8-23/h5-6,9-10,16H,3-4,7-8,11-12H2,1-2H3,(H,22,24)(H2,20,21,25). The molecule has 0 radical (unpaired) electrons. The minimum Gasteiger partial charge on any atom is -0.468 e. The fourth-order valence-electron chi connectivity index (χ4n) is 3.47. The molecule has 3 rings (SSSR count). The third-order valence-electron chi connectivity index (χ3n) is 4.83. The first kappa shape index (κ1) is 18.3. The number of furan rings is 1. The lowest BCUT2D eigenvalue weighted by molar-refractivity contribution is 0.203. The van der Waals surface area contributed by atoms with Gasteiger partial charge in [-0.1, -0.05) is 0 Å². The van der Waals surface area contributed by atoms with Crippen molar-refractivity contribution in [2.45, 2.75) is 39.3 Å². The normalized spacial score (nSPS) is 15.8. The number of aromatic amines is 1. The summed E-state index contributed by atoms with van der Waals surface area (Å²) in [4.78, 5) is 29.3. The summed E-state index contributed by atoms with van der Waals surface area (Å²) >= 11 is 0. The third kappa shape index (κ3) is 4.35. The smallest absolute Gasteiger partial charge is 0.315 e. The molecule has 1 aliphatic rings. The number of hydrogen-bond acceptors (Lipinski definition) is 4. The van der Waals surface area contributed by atoms with E-state index in [0.717, 1.165) is 30.1 Å². The fourth-order valence-corrected chi connectivity index (χ4v) is 3.47. The summed E-state index contributed by atoms with van der Waals surface area (Å²) < 4.78 is 5.55. The van der Waals surface area contributed by atoms with Crippen LogP contribution in [0.5, 0.6) is 0 Å². The van der Waals surface area contributed by atoms with Gasteiger partial charge in [0.15, 0.2) is 0 Å². The van der Waals surface area contributed by atoms with E-state index in [1.165, 1.54) is 12.8 Å². The molecule has 7 nitrogen and oxygen atoms in total. The van der Waals surface area contributed by atoms with Crippen molar-refractivity contribution in [1.29, 1.82) is 0 Å². The number of hydrogen-bond donors (Lipinski definition) is 3. The molecule has 1 saturated heterocycles. The second-order valence-corrected chi connectivity index (χ2v) is 6.78. The molecule has 140 valence electrons. The lowest BCUT2D eigenvalue weighted by Gasteiger charge is -2.26. The predicted molar refractivity (Wildman–Crippen MR) is 99.0 cm³/mol. The van der Waals surface area contributed by atoms with E-state index < -0.39 is 0 Å². The first-order valence-corrected chi connectivity index (χ1v) is 9.03. The summed E-state index contributed by atoms with van der Waals surface area (Å²) in [5.41, 5.74) is 2.10. The number of likely N-dealkylation sites (tertiary alicyclic amines) is 1. The molecule has 0 aromatic carbocycles. The molecule has 2 amide bonds. The Balaban J connectivity index is 1.56. The first-order chi connectivity index (χ1) is 12.5. The molecule has 0 saturated carbocycles. The monoisotopic (exact) mass is 358 g/mol. The van der Waals surface area contributed by atoms with Crippen LogP contribution in [0.4, 0.5) is 4.79 Å². The Labute approximate surface area is 152 Å². The highest BCUT2D eigenvalue weighted by molar-refractivity contribution is 5.73. The summed E-state index contributed by atoms with van der Waals surface area (Å²) in [5, 5.41) is 5.68. The van der Waals surface area contributed by atoms with Gasteiger partial charge in [-0.05, 0) is 63.5 Å². The van der Waals surface area contributed by atoms with E-state index in [4.69, 9.17) is 4.42 Å². The van der Waals surface area contributed by atoms with Crippen LogP contribution in [0.1, 0.15) is 41.5 Å². The SMILES string of the molecule is Cc1cc(C)c(CNC(=O)NCC(c2ccco2)N2CCCC2)c(=O)[nH]1. The van der Waals surface area contributed by atoms with Gasteiger partial charge in [-0.25, -0.2) is 4.79 Å². The summed E-state index contributed by atoms with van der Waals surface area (Å²) in [7, 11) is 0. The molecular weight excluding hydrogens is 332 g/mol. The number of carbonyl (C=O) groups excluding carboxylic acids is 1. The zero-order valence-electron chi connectivity index (χ0n) is 15.3. The lowest BCUT2D eigenvalue weighted by Crippen LogP contribution is -2.41. The second-order valence-electron chi connectivity index (χ2n) is 6.78. The highest BCUT2D eigenvalue weighted by atomic mass is 16.3. The Bertz CT molecular complexity index is 792. The molecule has 1 unspecified atom stereocenters. The van der Waals surface area contributed by atoms with E-state index in [2.05, 4.69) is 20.5 Å². The van der Waals surface area contributed by atoms with Crippen molar-refractivity contribution < 1.29 is 9.21 Å². The number of amides is 2. The molecule has 7 heteroatoms. The van der Waals surface area contributed by atoms with E-state index >= 15 is 0 Å². The molecule has 1 atom stereocenters. The number of nitrogens with one attached hydrogen (secondary N) is 3. The molecule has 3 N–H and O–H groups in total. The maximum Gasteiger partial charge on any atom is 0.315 e. The highest BCUT2D eigenvalue weighted by Crippen LogP contribution is 2.24. The molecule has 2 aromatic rings. The molecular formula is C19H26N4O3. The molecule has 3 heterocycles. The van der Waals surface area contributed by atoms with E-state index in [1.54, 1.807) is 6.26 Å². The van der Waals surface area contributed by atoms with Crippen LogP contribution >= 0.6 is 0 Å². The van der Waals surface area contributed by atoms with Crippen molar-refractivity contribution in [3.8, 4) is 0 Å². The average molecular weight is 358 g/mol. The molecule has 0 aliphatic carbocycles. The summed E-state index contributed by atoms with van der Waals surface area (Å²) in [6.45, 7) is 6.38. The number of carbonyl (C=O) groups is 1. The summed E-state index contributed by atoms with van der Waals surface area (Å²) in [6, 6.07) is 5.45. The number of nitrogens with zero attached hydrogens (tertiary/aromatic N) is 1.